The van der Waals surface area contributed by atoms with Gasteiger partial charge in [-0.2, -0.15) is 0 Å². The van der Waals surface area contributed by atoms with Crippen molar-refractivity contribution in [1.82, 2.24) is 19.9 Å². The Hall–Kier alpha value is -2.77. The van der Waals surface area contributed by atoms with Crippen molar-refractivity contribution in [2.45, 2.75) is 12.3 Å². The third kappa shape index (κ3) is 3.75. The van der Waals surface area contributed by atoms with Gasteiger partial charge in [-0.25, -0.2) is 14.4 Å². The molecule has 29 heavy (non-hydrogen) atoms. The maximum Gasteiger partial charge on any atom is 0.245 e. The average Bonchev–Trinajstić information content (AvgIpc) is 3.24. The van der Waals surface area contributed by atoms with Crippen molar-refractivity contribution in [2.24, 2.45) is 0 Å². The van der Waals surface area contributed by atoms with Crippen LogP contribution >= 0.6 is 23.2 Å². The van der Waals surface area contributed by atoms with Crippen LogP contribution in [0.15, 0.2) is 43.4 Å². The van der Waals surface area contributed by atoms with Crippen LogP contribution in [0.2, 0.25) is 10.0 Å². The Labute approximate surface area is 176 Å². The van der Waals surface area contributed by atoms with Crippen LogP contribution in [0, 0.1) is 5.82 Å². The first-order valence-corrected chi connectivity index (χ1v) is 9.66. The van der Waals surface area contributed by atoms with Gasteiger partial charge in [0.25, 0.3) is 0 Å². The summed E-state index contributed by atoms with van der Waals surface area (Å²) in [7, 11) is 0. The summed E-state index contributed by atoms with van der Waals surface area (Å²) in [6.45, 7) is 4.76. The Morgan fingerprint density at radius 1 is 1.31 bits per heavy atom. The number of pyridine rings is 1. The van der Waals surface area contributed by atoms with Crippen molar-refractivity contribution >= 4 is 51.5 Å². The molecule has 3 aromatic rings. The van der Waals surface area contributed by atoms with Crippen LogP contribution in [0.25, 0.3) is 10.9 Å². The van der Waals surface area contributed by atoms with Gasteiger partial charge < -0.3 is 10.2 Å². The van der Waals surface area contributed by atoms with Gasteiger partial charge in [0.2, 0.25) is 5.91 Å². The van der Waals surface area contributed by atoms with E-state index in [2.05, 4.69) is 26.8 Å². The van der Waals surface area contributed by atoms with Gasteiger partial charge in [0.1, 0.15) is 12.1 Å². The molecular weight excluding hydrogens is 416 g/mol. The van der Waals surface area contributed by atoms with Gasteiger partial charge >= 0.3 is 0 Å². The van der Waals surface area contributed by atoms with Crippen LogP contribution < -0.4 is 5.32 Å². The largest absolute Gasteiger partial charge is 0.338 e. The number of amides is 1. The van der Waals surface area contributed by atoms with Crippen LogP contribution in [0.4, 0.5) is 15.9 Å². The highest BCUT2D eigenvalue weighted by molar-refractivity contribution is 6.42. The van der Waals surface area contributed by atoms with Crippen molar-refractivity contribution in [2.75, 3.05) is 18.4 Å². The Morgan fingerprint density at radius 3 is 2.93 bits per heavy atom. The molecular formula is C20H16Cl2FN5O. The number of likely N-dealkylation sites (tertiary alicyclic amines) is 1. The van der Waals surface area contributed by atoms with E-state index in [1.807, 2.05) is 6.07 Å². The summed E-state index contributed by atoms with van der Waals surface area (Å²) >= 11 is 11.8. The quantitative estimate of drug-likeness (QED) is 0.478. The molecule has 1 amide bonds. The van der Waals surface area contributed by atoms with Gasteiger partial charge in [-0.1, -0.05) is 29.8 Å². The van der Waals surface area contributed by atoms with E-state index in [4.69, 9.17) is 23.2 Å². The molecule has 148 valence electrons. The second-order valence-electron chi connectivity index (χ2n) is 6.67. The van der Waals surface area contributed by atoms with E-state index < -0.39 is 5.82 Å². The van der Waals surface area contributed by atoms with Crippen molar-refractivity contribution in [3.63, 3.8) is 0 Å². The molecule has 1 aliphatic rings. The first-order valence-electron chi connectivity index (χ1n) is 8.90. The van der Waals surface area contributed by atoms with Crippen LogP contribution in [0.3, 0.4) is 0 Å². The Morgan fingerprint density at radius 2 is 2.14 bits per heavy atom. The van der Waals surface area contributed by atoms with Crippen LogP contribution in [0.1, 0.15) is 18.0 Å². The predicted molar refractivity (Wildman–Crippen MR) is 111 cm³/mol. The zero-order valence-corrected chi connectivity index (χ0v) is 16.7. The van der Waals surface area contributed by atoms with Gasteiger partial charge in [0, 0.05) is 30.1 Å². The number of rotatable bonds is 4. The first kappa shape index (κ1) is 19.5. The fourth-order valence-corrected chi connectivity index (χ4v) is 3.69. The molecule has 4 rings (SSSR count). The maximum atomic E-state index is 14.4. The second-order valence-corrected chi connectivity index (χ2v) is 7.46. The highest BCUT2D eigenvalue weighted by atomic mass is 35.5. The smallest absolute Gasteiger partial charge is 0.245 e. The van der Waals surface area contributed by atoms with Crippen molar-refractivity contribution in [1.29, 1.82) is 0 Å². The minimum atomic E-state index is -0.658. The Kier molecular flexibility index (Phi) is 5.34. The summed E-state index contributed by atoms with van der Waals surface area (Å²) < 4.78 is 14.4. The summed E-state index contributed by atoms with van der Waals surface area (Å²) in [6, 6.07) is 4.88. The molecule has 9 heteroatoms. The molecule has 0 aliphatic carbocycles. The number of halogens is 3. The third-order valence-corrected chi connectivity index (χ3v) is 5.71. The monoisotopic (exact) mass is 431 g/mol. The van der Waals surface area contributed by atoms with Crippen molar-refractivity contribution < 1.29 is 9.18 Å². The number of fused-ring (bicyclic) bond motifs is 1. The van der Waals surface area contributed by atoms with E-state index in [0.29, 0.717) is 29.8 Å². The number of anilines is 2. The van der Waals surface area contributed by atoms with E-state index in [0.717, 1.165) is 12.1 Å². The van der Waals surface area contributed by atoms with Gasteiger partial charge in [0.15, 0.2) is 5.82 Å². The molecule has 3 heterocycles. The lowest BCUT2D eigenvalue weighted by atomic mass is 10.0. The topological polar surface area (TPSA) is 71.0 Å². The number of benzene rings is 1. The molecule has 1 saturated heterocycles. The van der Waals surface area contributed by atoms with Gasteiger partial charge in [0.05, 0.1) is 27.4 Å². The molecule has 1 atom stereocenters. The van der Waals surface area contributed by atoms with E-state index in [9.17, 15) is 9.18 Å². The minimum Gasteiger partial charge on any atom is -0.338 e. The van der Waals surface area contributed by atoms with E-state index in [1.54, 1.807) is 11.1 Å². The fourth-order valence-electron chi connectivity index (χ4n) is 3.38. The SMILES string of the molecule is C=CC(=O)N1CC[C@@H](c2cc3c(Nc4ccc(Cl)c(Cl)c4F)ncnc3cn2)C1. The Balaban J connectivity index is 1.68. The molecule has 0 saturated carbocycles. The number of carbonyl (C=O) groups excluding carboxylic acids is 1. The summed E-state index contributed by atoms with van der Waals surface area (Å²) in [5.41, 5.74) is 1.59. The molecule has 1 N–H and O–H groups in total. The van der Waals surface area contributed by atoms with Crippen LogP contribution in [0.5, 0.6) is 0 Å². The van der Waals surface area contributed by atoms with Gasteiger partial charge in [-0.05, 0) is 30.7 Å². The van der Waals surface area contributed by atoms with Crippen molar-refractivity contribution in [3.8, 4) is 0 Å². The van der Waals surface area contributed by atoms with E-state index in [-0.39, 0.29) is 27.6 Å². The van der Waals surface area contributed by atoms with Crippen LogP contribution in [-0.4, -0.2) is 38.8 Å². The standard InChI is InChI=1S/C20H16Cl2FN5O/c1-2-17(29)28-6-5-11(9-28)15-7-12-16(8-24-15)25-10-26-20(12)27-14-4-3-13(21)18(22)19(14)23/h2-4,7-8,10-11H,1,5-6,9H2,(H,25,26,27)/t11-/m1/s1. The summed E-state index contributed by atoms with van der Waals surface area (Å²) in [6.07, 6.45) is 5.15. The Bertz CT molecular complexity index is 1120. The molecule has 1 fully saturated rings. The minimum absolute atomic E-state index is 0.0888. The molecule has 1 aromatic carbocycles. The van der Waals surface area contributed by atoms with Crippen LogP contribution in [-0.2, 0) is 4.79 Å². The number of nitrogens with one attached hydrogen (secondary N) is 1. The normalized spacial score (nSPS) is 16.2. The lowest BCUT2D eigenvalue weighted by molar-refractivity contribution is -0.125. The van der Waals surface area contributed by atoms with Gasteiger partial charge in [-0.3, -0.25) is 9.78 Å². The third-order valence-electron chi connectivity index (χ3n) is 4.92. The lowest BCUT2D eigenvalue weighted by Crippen LogP contribution is -2.26. The molecule has 2 aromatic heterocycles. The van der Waals surface area contributed by atoms with E-state index >= 15 is 0 Å². The lowest BCUT2D eigenvalue weighted by Gasteiger charge is -2.15. The summed E-state index contributed by atoms with van der Waals surface area (Å²) in [4.78, 5) is 26.6. The summed E-state index contributed by atoms with van der Waals surface area (Å²) in [5.74, 6) is -0.227. The maximum absolute atomic E-state index is 14.4. The molecule has 6 nitrogen and oxygen atoms in total. The number of nitrogens with zero attached hydrogens (tertiary/aromatic N) is 4. The van der Waals surface area contributed by atoms with E-state index in [1.165, 1.54) is 24.5 Å². The molecule has 1 aliphatic heterocycles. The highest BCUT2D eigenvalue weighted by Crippen LogP contribution is 2.33. The number of hydrogen-bond acceptors (Lipinski definition) is 5. The average molecular weight is 432 g/mol. The highest BCUT2D eigenvalue weighted by Gasteiger charge is 2.27. The molecule has 0 spiro atoms. The number of aromatic nitrogens is 3. The molecule has 0 bridgehead atoms. The second kappa shape index (κ2) is 7.93. The predicted octanol–water partition coefficient (Wildman–Crippen LogP) is 4.72. The zero-order chi connectivity index (χ0) is 20.5. The van der Waals surface area contributed by atoms with Gasteiger partial charge in [-0.15, -0.1) is 0 Å². The fraction of sp³-hybridized carbons (Fsp3) is 0.200. The molecule has 0 radical (unpaired) electrons. The van der Waals surface area contributed by atoms with Crippen molar-refractivity contribution in [3.05, 3.63) is 64.9 Å². The molecule has 0 unspecified atom stereocenters. The first-order chi connectivity index (χ1) is 14.0. The summed E-state index contributed by atoms with van der Waals surface area (Å²) in [5, 5.41) is 3.63. The number of carbonyl (C=O) groups is 1. The number of hydrogen-bond donors (Lipinski definition) is 1. The zero-order valence-electron chi connectivity index (χ0n) is 15.2.